The summed E-state index contributed by atoms with van der Waals surface area (Å²) in [6, 6.07) is 21.7. The van der Waals surface area contributed by atoms with Crippen LogP contribution in [-0.2, 0) is 38.1 Å². The first kappa shape index (κ1) is 78.4. The molecule has 3 aromatic carbocycles. The molecular weight excluding hydrogens is 1270 g/mol. The van der Waals surface area contributed by atoms with Crippen LogP contribution >= 0.6 is 46.2 Å². The van der Waals surface area contributed by atoms with Crippen LogP contribution in [0.15, 0.2) is 84.9 Å². The minimum absolute atomic E-state index is 0. The molecule has 2 saturated heterocycles. The van der Waals surface area contributed by atoms with Crippen molar-refractivity contribution in [1.29, 1.82) is 0 Å². The summed E-state index contributed by atoms with van der Waals surface area (Å²) < 4.78 is 24.9. The van der Waals surface area contributed by atoms with Gasteiger partial charge in [0, 0.05) is 85.6 Å². The van der Waals surface area contributed by atoms with E-state index in [1.807, 2.05) is 48.5 Å². The van der Waals surface area contributed by atoms with Crippen molar-refractivity contribution in [2.24, 2.45) is 0 Å². The van der Waals surface area contributed by atoms with E-state index in [1.165, 1.54) is 53.1 Å². The van der Waals surface area contributed by atoms with Crippen LogP contribution in [0.1, 0.15) is 92.4 Å². The van der Waals surface area contributed by atoms with E-state index in [-0.39, 0.29) is 95.9 Å². The zero-order chi connectivity index (χ0) is 62.8. The number of ether oxygens (including phenoxy) is 4. The maximum atomic E-state index is 13.0. The Hall–Kier alpha value is -4.00. The number of thioether (sulfide) groups is 2. The van der Waals surface area contributed by atoms with E-state index >= 15 is 0 Å². The molecule has 12 N–H and O–H groups in total. The van der Waals surface area contributed by atoms with Crippen molar-refractivity contribution >= 4 is 114 Å². The molecule has 0 radical (unpaired) electrons. The average Bonchev–Trinajstić information content (AvgIpc) is 1.23. The summed E-state index contributed by atoms with van der Waals surface area (Å²) in [6.07, 6.45) is -11.5. The van der Waals surface area contributed by atoms with Gasteiger partial charge in [-0.2, -0.15) is 23.5 Å². The van der Waals surface area contributed by atoms with Crippen molar-refractivity contribution in [3.63, 3.8) is 0 Å². The molecule has 480 valence electrons. The molecule has 2 aromatic heterocycles. The number of Topliss-reactive ketones (excluding diaryl/α,β-unsaturated/α-hetero) is 1. The number of aliphatic carboxylic acids is 1. The molecule has 0 bridgehead atoms. The number of hydrogen-bond donors (Lipinski definition) is 11. The topological polar surface area (TPSA) is 408 Å². The van der Waals surface area contributed by atoms with Crippen molar-refractivity contribution in [2.45, 2.75) is 125 Å². The van der Waals surface area contributed by atoms with Crippen LogP contribution in [0.4, 0.5) is 0 Å². The van der Waals surface area contributed by atoms with Crippen LogP contribution in [0.2, 0.25) is 0 Å². The molecule has 0 unspecified atom stereocenters. The number of hydrogen-bond acceptors (Lipinski definition) is 24. The van der Waals surface area contributed by atoms with Crippen molar-refractivity contribution in [2.75, 3.05) is 55.9 Å². The average molecular weight is 1350 g/mol. The molecule has 31 heteroatoms. The fourth-order valence-corrected chi connectivity index (χ4v) is 13.5. The second-order valence-corrected chi connectivity index (χ2v) is 25.5. The van der Waals surface area contributed by atoms with E-state index in [1.54, 1.807) is 42.7 Å². The summed E-state index contributed by atoms with van der Waals surface area (Å²) in [5.74, 6) is -7.23. The molecule has 5 amide bonds. The van der Waals surface area contributed by atoms with E-state index in [9.17, 15) is 74.1 Å². The van der Waals surface area contributed by atoms with E-state index < -0.39 is 128 Å². The number of fused-ring (bicyclic) bond motifs is 2. The maximum absolute atomic E-state index is 13.0. The van der Waals surface area contributed by atoms with Gasteiger partial charge in [-0.3, -0.25) is 28.8 Å². The van der Waals surface area contributed by atoms with E-state index in [2.05, 4.69) is 26.6 Å². The predicted octanol–water partition coefficient (Wildman–Crippen LogP) is -5.22. The van der Waals surface area contributed by atoms with Crippen molar-refractivity contribution in [3.05, 3.63) is 106 Å². The number of amides is 5. The molecule has 25 nitrogen and oxygen atoms in total. The number of carboxylic acids is 1. The summed E-state index contributed by atoms with van der Waals surface area (Å²) in [5, 5.41) is 93.7. The smallest absolute Gasteiger partial charge is 0.870 e. The molecule has 5 aromatic rings. The molecule has 2 aliphatic rings. The number of aliphatic hydroxyl groups excluding tert-OH is 6. The van der Waals surface area contributed by atoms with Crippen LogP contribution in [0.25, 0.3) is 20.2 Å². The Labute approximate surface area is 579 Å². The van der Waals surface area contributed by atoms with Gasteiger partial charge in [0.1, 0.15) is 30.4 Å². The third-order valence-corrected chi connectivity index (χ3v) is 18.7. The number of carbonyl (C=O) groups excluding carboxylic acids is 8. The molecule has 12 atom stereocenters. The quantitative estimate of drug-likeness (QED) is 0.00809. The van der Waals surface area contributed by atoms with E-state index in [0.717, 1.165) is 27.1 Å². The second kappa shape index (κ2) is 37.8. The Bertz CT molecular complexity index is 3120. The molecule has 2 fully saturated rings. The zero-order valence-electron chi connectivity index (χ0n) is 50.0. The van der Waals surface area contributed by atoms with Crippen molar-refractivity contribution in [3.8, 4) is 0 Å². The first-order valence-corrected chi connectivity index (χ1v) is 32.0. The van der Waals surface area contributed by atoms with Crippen molar-refractivity contribution < 1.29 is 158 Å². The molecule has 2 aliphatic heterocycles. The predicted molar refractivity (Wildman–Crippen MR) is 325 cm³/mol. The van der Waals surface area contributed by atoms with Gasteiger partial charge in [-0.05, 0) is 83.7 Å². The standard InChI is InChI=1S/C59H72N5O19S4.2Na.H2O/c1-33(66)63-48-40(69)28-58(32-65,82-52(48)50(73)42(71)30-61-55(76)46-26-37-10-3-5-13-44(37)86-46)80-20-8-24-85-25-19-60-54(75)36-17-15-35(16-18-36)39(68)12-7-22-84-23-9-21-81-59(57(78)79)29-41(70)49(64-34(2)67)53(83-59)51(74)43(72)31-62-56(77)47-27-38-11-4-6-14-45(38)87-47;;;/h3-6,10-11,13-18,26-27,40-43,48-53,69-74H,7-9,12,19-25,28-31H2,1-2H3,(H,60,75)(H,61,76)(H,62,77)(H,63,66)(H,64,67)(H,78,79);;;1H2/q-1;2*+1;/p-2/t40-,41-,42+,43+,48+,49+,50+,51+,52+,53+,58+,59+;;;/m0.../s1. The van der Waals surface area contributed by atoms with Crippen LogP contribution < -0.4 is 90.8 Å². The molecule has 90 heavy (non-hydrogen) atoms. The Morgan fingerprint density at radius 2 is 1.11 bits per heavy atom. The SMILES string of the molecule is CC(=O)N[C@H]1[C@H]([C@H](O)[C@H](O)CNC(=O)c2cc3ccccc3s2)O[C@]([C-]=O)(OCCCSCCNC(=O)c2ccc(C(=O)CCCSCCCO[C@]3(C(=O)[O-])C[C@H](O)[C@@H](NC(C)=O)[C@H]([C@H](O)[C@H](O)CNC(=O)c4cc5ccccc5s4)O3)cc2)C[C@@H]1O.[Na+].[Na+].[OH-]. The molecule has 0 spiro atoms. The number of rotatable bonds is 33. The van der Waals surface area contributed by atoms with Crippen LogP contribution in [0, 0.1) is 0 Å². The summed E-state index contributed by atoms with van der Waals surface area (Å²) in [6.45, 7) is 1.48. The largest absolute Gasteiger partial charge is 1.00 e. The number of aliphatic hydroxyl groups is 6. The molecule has 7 rings (SSSR count). The van der Waals surface area contributed by atoms with Crippen LogP contribution in [0.3, 0.4) is 0 Å². The minimum atomic E-state index is -2.57. The molecular formula is C59H72N5Na2O20S4-. The van der Waals surface area contributed by atoms with Gasteiger partial charge >= 0.3 is 59.1 Å². The molecule has 4 heterocycles. The zero-order valence-corrected chi connectivity index (χ0v) is 57.3. The summed E-state index contributed by atoms with van der Waals surface area (Å²) in [7, 11) is 0. The third-order valence-electron chi connectivity index (χ3n) is 14.3. The Balaban J connectivity index is 0.00000577. The van der Waals surface area contributed by atoms with E-state index in [0.29, 0.717) is 69.7 Å². The summed E-state index contributed by atoms with van der Waals surface area (Å²) in [4.78, 5) is 101. The Morgan fingerprint density at radius 3 is 1.61 bits per heavy atom. The molecule has 0 saturated carbocycles. The van der Waals surface area contributed by atoms with Gasteiger partial charge in [0.05, 0.1) is 58.6 Å². The van der Waals surface area contributed by atoms with Gasteiger partial charge in [0.15, 0.2) is 5.78 Å². The first-order valence-electron chi connectivity index (χ1n) is 28.1. The second-order valence-electron chi connectivity index (χ2n) is 20.9. The molecule has 0 aliphatic carbocycles. The van der Waals surface area contributed by atoms with E-state index in [4.69, 9.17) is 18.9 Å². The summed E-state index contributed by atoms with van der Waals surface area (Å²) >= 11 is 5.43. The fourth-order valence-electron chi connectivity index (χ4n) is 9.85. The maximum Gasteiger partial charge on any atom is 1.00 e. The minimum Gasteiger partial charge on any atom is -0.870 e. The number of benzene rings is 3. The fraction of sp³-hybridized carbons (Fsp3) is 0.492. The number of carbonyl (C=O) groups is 7. The van der Waals surface area contributed by atoms with Gasteiger partial charge in [0.2, 0.25) is 17.6 Å². The summed E-state index contributed by atoms with van der Waals surface area (Å²) in [5.41, 5.74) is 0.762. The Kier molecular flexibility index (Phi) is 32.9. The van der Waals surface area contributed by atoms with Crippen LogP contribution in [0.5, 0.6) is 0 Å². The monoisotopic (exact) mass is 1340 g/mol. The number of ketones is 1. The first-order chi connectivity index (χ1) is 41.6. The van der Waals surface area contributed by atoms with Crippen molar-refractivity contribution in [1.82, 2.24) is 26.6 Å². The normalized spacial score (nSPS) is 22.6. The van der Waals surface area contributed by atoms with Gasteiger partial charge in [-0.15, -0.1) is 22.7 Å². The van der Waals surface area contributed by atoms with Gasteiger partial charge < -0.3 is 96.3 Å². The van der Waals surface area contributed by atoms with Gasteiger partial charge in [-0.25, -0.2) is 6.29 Å². The van der Waals surface area contributed by atoms with Gasteiger partial charge in [-0.1, -0.05) is 48.5 Å². The number of carboxylic acid groups (broad SMARTS) is 1. The third kappa shape index (κ3) is 21.8. The number of nitrogens with one attached hydrogen (secondary N) is 5. The Morgan fingerprint density at radius 1 is 0.644 bits per heavy atom. The van der Waals surface area contributed by atoms with Crippen LogP contribution in [-0.4, -0.2) is 212 Å². The van der Waals surface area contributed by atoms with Gasteiger partial charge in [0.25, 0.3) is 17.7 Å². The number of thiophene rings is 2.